The van der Waals surface area contributed by atoms with E-state index >= 15 is 0 Å². The normalized spacial score (nSPS) is 10.5. The van der Waals surface area contributed by atoms with Gasteiger partial charge >= 0.3 is 0 Å². The van der Waals surface area contributed by atoms with Crippen molar-refractivity contribution in [1.29, 1.82) is 0 Å². The molecule has 108 valence electrons. The van der Waals surface area contributed by atoms with Crippen LogP contribution in [0.2, 0.25) is 0 Å². The van der Waals surface area contributed by atoms with E-state index in [1.54, 1.807) is 14.2 Å². The average Bonchev–Trinajstić information content (AvgIpc) is 2.46. The molecule has 0 aliphatic carbocycles. The maximum absolute atomic E-state index is 5.64. The molecular weight excluding hydrogens is 246 g/mol. The summed E-state index contributed by atoms with van der Waals surface area (Å²) in [6.45, 7) is 2.90. The lowest BCUT2D eigenvalue weighted by Gasteiger charge is -2.12. The molecule has 0 fully saturated rings. The lowest BCUT2D eigenvalue weighted by Crippen LogP contribution is -2.09. The van der Waals surface area contributed by atoms with Gasteiger partial charge in [-0.05, 0) is 24.1 Å². The van der Waals surface area contributed by atoms with Gasteiger partial charge in [-0.3, -0.25) is 0 Å². The van der Waals surface area contributed by atoms with E-state index in [0.717, 1.165) is 12.0 Å². The third-order valence-electron chi connectivity index (χ3n) is 2.59. The Kier molecular flexibility index (Phi) is 7.97. The molecule has 0 aromatic heterocycles. The highest BCUT2D eigenvalue weighted by molar-refractivity contribution is 5.42. The molecule has 1 aromatic carbocycles. The number of ether oxygens (including phenoxy) is 4. The van der Waals surface area contributed by atoms with Crippen molar-refractivity contribution in [2.24, 2.45) is 5.73 Å². The molecule has 0 aliphatic rings. The molecule has 2 N–H and O–H groups in total. The van der Waals surface area contributed by atoms with Crippen molar-refractivity contribution in [2.75, 3.05) is 40.6 Å². The largest absolute Gasteiger partial charge is 0.493 e. The molecule has 0 spiro atoms. The van der Waals surface area contributed by atoms with E-state index in [1.165, 1.54) is 0 Å². The van der Waals surface area contributed by atoms with Crippen LogP contribution in [0.4, 0.5) is 0 Å². The van der Waals surface area contributed by atoms with Crippen molar-refractivity contribution < 1.29 is 18.9 Å². The molecule has 5 heteroatoms. The smallest absolute Gasteiger partial charge is 0.161 e. The Morgan fingerprint density at radius 2 is 1.84 bits per heavy atom. The quantitative estimate of drug-likeness (QED) is 0.653. The van der Waals surface area contributed by atoms with Gasteiger partial charge in [-0.2, -0.15) is 0 Å². The Bertz CT molecular complexity index is 357. The van der Waals surface area contributed by atoms with Crippen molar-refractivity contribution in [1.82, 2.24) is 0 Å². The van der Waals surface area contributed by atoms with Crippen LogP contribution in [-0.4, -0.2) is 40.6 Å². The molecule has 1 rings (SSSR count). The van der Waals surface area contributed by atoms with Gasteiger partial charge in [0.05, 0.1) is 13.7 Å². The van der Waals surface area contributed by atoms with Crippen LogP contribution in [0, 0.1) is 0 Å². The SMILES string of the molecule is COCCCOCCOc1cc(CN)ccc1OC. The fourth-order valence-electron chi connectivity index (χ4n) is 1.58. The van der Waals surface area contributed by atoms with Crippen LogP contribution in [0.25, 0.3) is 0 Å². The zero-order chi connectivity index (χ0) is 13.9. The van der Waals surface area contributed by atoms with E-state index in [-0.39, 0.29) is 0 Å². The van der Waals surface area contributed by atoms with E-state index in [2.05, 4.69) is 0 Å². The van der Waals surface area contributed by atoms with Crippen molar-refractivity contribution in [3.05, 3.63) is 23.8 Å². The molecule has 0 bridgehead atoms. The fourth-order valence-corrected chi connectivity index (χ4v) is 1.58. The predicted octanol–water partition coefficient (Wildman–Crippen LogP) is 1.59. The molecule has 5 nitrogen and oxygen atoms in total. The first-order chi connectivity index (χ1) is 9.31. The second-order valence-electron chi connectivity index (χ2n) is 4.00. The molecule has 0 radical (unpaired) electrons. The summed E-state index contributed by atoms with van der Waals surface area (Å²) in [5.41, 5.74) is 6.61. The first kappa shape index (κ1) is 15.8. The molecule has 0 saturated carbocycles. The maximum atomic E-state index is 5.64. The van der Waals surface area contributed by atoms with E-state index in [1.807, 2.05) is 18.2 Å². The van der Waals surface area contributed by atoms with Crippen molar-refractivity contribution in [2.45, 2.75) is 13.0 Å². The first-order valence-electron chi connectivity index (χ1n) is 6.38. The Morgan fingerprint density at radius 3 is 2.53 bits per heavy atom. The maximum Gasteiger partial charge on any atom is 0.161 e. The van der Waals surface area contributed by atoms with E-state index in [0.29, 0.717) is 44.5 Å². The summed E-state index contributed by atoms with van der Waals surface area (Å²) >= 11 is 0. The van der Waals surface area contributed by atoms with Gasteiger partial charge in [-0.25, -0.2) is 0 Å². The highest BCUT2D eigenvalue weighted by Gasteiger charge is 2.05. The standard InChI is InChI=1S/C14H23NO4/c1-16-6-3-7-18-8-9-19-14-10-12(11-15)4-5-13(14)17-2/h4-5,10H,3,6-9,11,15H2,1-2H3. The Morgan fingerprint density at radius 1 is 1.00 bits per heavy atom. The van der Waals surface area contributed by atoms with E-state index < -0.39 is 0 Å². The van der Waals surface area contributed by atoms with Gasteiger partial charge in [-0.1, -0.05) is 6.07 Å². The minimum atomic E-state index is 0.480. The average molecular weight is 269 g/mol. The predicted molar refractivity (Wildman–Crippen MR) is 73.7 cm³/mol. The minimum absolute atomic E-state index is 0.480. The summed E-state index contributed by atoms with van der Waals surface area (Å²) in [5.74, 6) is 1.41. The number of methoxy groups -OCH3 is 2. The van der Waals surface area contributed by atoms with Crippen LogP contribution in [0.15, 0.2) is 18.2 Å². The summed E-state index contributed by atoms with van der Waals surface area (Å²) in [6, 6.07) is 5.67. The van der Waals surface area contributed by atoms with E-state index in [4.69, 9.17) is 24.7 Å². The van der Waals surface area contributed by atoms with Crippen LogP contribution in [0.3, 0.4) is 0 Å². The number of hydrogen-bond acceptors (Lipinski definition) is 5. The first-order valence-corrected chi connectivity index (χ1v) is 6.38. The van der Waals surface area contributed by atoms with Crippen molar-refractivity contribution in [3.63, 3.8) is 0 Å². The summed E-state index contributed by atoms with van der Waals surface area (Å²) < 4.78 is 21.2. The third kappa shape index (κ3) is 5.92. The zero-order valence-electron chi connectivity index (χ0n) is 11.7. The third-order valence-corrected chi connectivity index (χ3v) is 2.59. The van der Waals surface area contributed by atoms with Crippen molar-refractivity contribution in [3.8, 4) is 11.5 Å². The van der Waals surface area contributed by atoms with Gasteiger partial charge in [0.1, 0.15) is 6.61 Å². The van der Waals surface area contributed by atoms with E-state index in [9.17, 15) is 0 Å². The summed E-state index contributed by atoms with van der Waals surface area (Å²) in [7, 11) is 3.30. The number of hydrogen-bond donors (Lipinski definition) is 1. The van der Waals surface area contributed by atoms with Gasteiger partial charge < -0.3 is 24.7 Å². The zero-order valence-corrected chi connectivity index (χ0v) is 11.7. The molecule has 0 unspecified atom stereocenters. The van der Waals surface area contributed by atoms with Gasteiger partial charge in [0.25, 0.3) is 0 Å². The molecule has 0 saturated heterocycles. The van der Waals surface area contributed by atoms with Crippen molar-refractivity contribution >= 4 is 0 Å². The summed E-state index contributed by atoms with van der Waals surface area (Å²) in [4.78, 5) is 0. The second-order valence-corrected chi connectivity index (χ2v) is 4.00. The number of nitrogens with two attached hydrogens (primary N) is 1. The van der Waals surface area contributed by atoms with Crippen LogP contribution in [-0.2, 0) is 16.0 Å². The van der Waals surface area contributed by atoms with Crippen LogP contribution in [0.5, 0.6) is 11.5 Å². The Balaban J connectivity index is 2.31. The molecule has 0 heterocycles. The number of benzene rings is 1. The molecule has 19 heavy (non-hydrogen) atoms. The lowest BCUT2D eigenvalue weighted by atomic mass is 10.2. The molecular formula is C14H23NO4. The van der Waals surface area contributed by atoms with Crippen LogP contribution in [0.1, 0.15) is 12.0 Å². The Hall–Kier alpha value is -1.30. The second kappa shape index (κ2) is 9.61. The van der Waals surface area contributed by atoms with Gasteiger partial charge in [0.15, 0.2) is 11.5 Å². The van der Waals surface area contributed by atoms with Gasteiger partial charge in [0.2, 0.25) is 0 Å². The van der Waals surface area contributed by atoms with Gasteiger partial charge in [-0.15, -0.1) is 0 Å². The summed E-state index contributed by atoms with van der Waals surface area (Å²) in [6.07, 6.45) is 0.891. The Labute approximate surface area is 114 Å². The molecule has 0 amide bonds. The fraction of sp³-hybridized carbons (Fsp3) is 0.571. The highest BCUT2D eigenvalue weighted by Crippen LogP contribution is 2.27. The molecule has 0 atom stereocenters. The van der Waals surface area contributed by atoms with Gasteiger partial charge in [0, 0.05) is 26.9 Å². The lowest BCUT2D eigenvalue weighted by molar-refractivity contribution is 0.0799. The topological polar surface area (TPSA) is 62.9 Å². The summed E-state index contributed by atoms with van der Waals surface area (Å²) in [5, 5.41) is 0. The van der Waals surface area contributed by atoms with Crippen LogP contribution < -0.4 is 15.2 Å². The molecule has 0 aliphatic heterocycles. The minimum Gasteiger partial charge on any atom is -0.493 e. The number of rotatable bonds is 10. The van der Waals surface area contributed by atoms with Crippen LogP contribution >= 0.6 is 0 Å². The monoisotopic (exact) mass is 269 g/mol. The highest BCUT2D eigenvalue weighted by atomic mass is 16.5. The molecule has 1 aromatic rings.